The van der Waals surface area contributed by atoms with Crippen LogP contribution in [0.15, 0.2) is 43.0 Å². The minimum atomic E-state index is -4.54. The Morgan fingerprint density at radius 1 is 1.07 bits per heavy atom. The van der Waals surface area contributed by atoms with Crippen LogP contribution >= 0.6 is 11.6 Å². The van der Waals surface area contributed by atoms with Crippen LogP contribution in [0.2, 0.25) is 5.02 Å². The van der Waals surface area contributed by atoms with E-state index < -0.39 is 18.1 Å². The third kappa shape index (κ3) is 4.29. The van der Waals surface area contributed by atoms with Gasteiger partial charge >= 0.3 is 6.18 Å². The molecule has 4 rings (SSSR count). The summed E-state index contributed by atoms with van der Waals surface area (Å²) in [4.78, 5) is 18.2. The van der Waals surface area contributed by atoms with Gasteiger partial charge in [0.1, 0.15) is 23.7 Å². The number of hydrogen-bond donors (Lipinski definition) is 2. The maximum atomic E-state index is 12.7. The van der Waals surface area contributed by atoms with E-state index in [-0.39, 0.29) is 5.56 Å². The van der Waals surface area contributed by atoms with E-state index >= 15 is 0 Å². The number of nitrogens with one attached hydrogen (secondary N) is 1. The summed E-state index contributed by atoms with van der Waals surface area (Å²) < 4.78 is 38.0. The molecule has 0 fully saturated rings. The predicted octanol–water partition coefficient (Wildman–Crippen LogP) is 3.60. The van der Waals surface area contributed by atoms with Gasteiger partial charge in [-0.2, -0.15) is 13.2 Å². The number of halogens is 4. The van der Waals surface area contributed by atoms with Gasteiger partial charge in [0.2, 0.25) is 0 Å². The fourth-order valence-corrected chi connectivity index (χ4v) is 3.28. The Labute approximate surface area is 174 Å². The van der Waals surface area contributed by atoms with Gasteiger partial charge in [0.05, 0.1) is 10.7 Å². The van der Waals surface area contributed by atoms with Crippen LogP contribution in [0.5, 0.6) is 0 Å². The molecule has 7 nitrogen and oxygen atoms in total. The monoisotopic (exact) mass is 436 g/mol. The average molecular weight is 437 g/mol. The van der Waals surface area contributed by atoms with Crippen LogP contribution in [0.25, 0.3) is 0 Å². The highest BCUT2D eigenvalue weighted by atomic mass is 35.5. The van der Waals surface area contributed by atoms with Crippen LogP contribution in [-0.4, -0.2) is 31.6 Å². The second kappa shape index (κ2) is 8.04. The summed E-state index contributed by atoms with van der Waals surface area (Å²) in [6, 6.07) is 5.56. The minimum Gasteiger partial charge on any atom is -0.369 e. The van der Waals surface area contributed by atoms with E-state index in [1.54, 1.807) is 12.3 Å². The van der Waals surface area contributed by atoms with Crippen molar-refractivity contribution in [1.29, 1.82) is 0 Å². The number of nitrogens with zero attached hydrogens (tertiary/aromatic N) is 5. The highest BCUT2D eigenvalue weighted by Gasteiger charge is 2.32. The van der Waals surface area contributed by atoms with E-state index in [0.29, 0.717) is 30.4 Å². The van der Waals surface area contributed by atoms with Gasteiger partial charge in [-0.1, -0.05) is 17.7 Å². The lowest BCUT2D eigenvalue weighted by molar-refractivity contribution is -0.141. The molecule has 0 aliphatic carbocycles. The first-order valence-corrected chi connectivity index (χ1v) is 9.36. The molecule has 1 atom stereocenters. The van der Waals surface area contributed by atoms with Gasteiger partial charge in [-0.05, 0) is 18.2 Å². The summed E-state index contributed by atoms with van der Waals surface area (Å²) in [6.07, 6.45) is -1.25. The molecular formula is C19H16ClF3N6O. The Hall–Kier alpha value is -2.98. The molecule has 11 heteroatoms. The Morgan fingerprint density at radius 3 is 2.57 bits per heavy atom. The Kier molecular flexibility index (Phi) is 5.44. The Bertz CT molecular complexity index is 1030. The SMILES string of the molecule is O[C@@H](Nc1ncnc2c1CN(c1ccc(Cl)cn1)CC2)c1ccc(C(F)(F)F)nc1. The summed E-state index contributed by atoms with van der Waals surface area (Å²) in [7, 11) is 0. The largest absolute Gasteiger partial charge is 0.433 e. The van der Waals surface area contributed by atoms with Crippen LogP contribution in [0.4, 0.5) is 24.8 Å². The fourth-order valence-electron chi connectivity index (χ4n) is 3.16. The van der Waals surface area contributed by atoms with Crippen molar-refractivity contribution in [1.82, 2.24) is 19.9 Å². The molecule has 0 saturated carbocycles. The molecule has 0 bridgehead atoms. The summed E-state index contributed by atoms with van der Waals surface area (Å²) in [5, 5.41) is 13.8. The van der Waals surface area contributed by atoms with Crippen molar-refractivity contribution >= 4 is 23.2 Å². The number of fused-ring (bicyclic) bond motifs is 1. The van der Waals surface area contributed by atoms with Gasteiger partial charge in [0.25, 0.3) is 0 Å². The molecule has 3 aromatic heterocycles. The number of pyridine rings is 2. The fraction of sp³-hybridized carbons (Fsp3) is 0.263. The van der Waals surface area contributed by atoms with Crippen LogP contribution < -0.4 is 10.2 Å². The Morgan fingerprint density at radius 2 is 1.90 bits per heavy atom. The quantitative estimate of drug-likeness (QED) is 0.604. The number of aromatic nitrogens is 4. The first-order valence-electron chi connectivity index (χ1n) is 8.98. The van der Waals surface area contributed by atoms with Crippen molar-refractivity contribution in [3.8, 4) is 0 Å². The lowest BCUT2D eigenvalue weighted by Gasteiger charge is -2.30. The van der Waals surface area contributed by atoms with Crippen LogP contribution in [0.3, 0.4) is 0 Å². The molecule has 0 spiro atoms. The highest BCUT2D eigenvalue weighted by molar-refractivity contribution is 6.30. The molecule has 0 aromatic carbocycles. The first kappa shape index (κ1) is 20.3. The van der Waals surface area contributed by atoms with Gasteiger partial charge in [0.15, 0.2) is 6.23 Å². The van der Waals surface area contributed by atoms with Crippen molar-refractivity contribution < 1.29 is 18.3 Å². The lowest BCUT2D eigenvalue weighted by atomic mass is 10.1. The Balaban J connectivity index is 1.54. The van der Waals surface area contributed by atoms with Gasteiger partial charge in [-0.3, -0.25) is 4.98 Å². The molecule has 3 aromatic rings. The van der Waals surface area contributed by atoms with E-state index in [1.165, 1.54) is 12.4 Å². The third-order valence-electron chi connectivity index (χ3n) is 4.70. The van der Waals surface area contributed by atoms with Crippen molar-refractivity contribution in [3.63, 3.8) is 0 Å². The summed E-state index contributed by atoms with van der Waals surface area (Å²) >= 11 is 5.90. The molecule has 0 radical (unpaired) electrons. The maximum Gasteiger partial charge on any atom is 0.433 e. The number of anilines is 2. The second-order valence-corrected chi connectivity index (χ2v) is 7.11. The number of alkyl halides is 3. The lowest BCUT2D eigenvalue weighted by Crippen LogP contribution is -2.32. The first-order chi connectivity index (χ1) is 14.3. The van der Waals surface area contributed by atoms with Crippen molar-refractivity contribution in [2.24, 2.45) is 0 Å². The molecule has 2 N–H and O–H groups in total. The summed E-state index contributed by atoms with van der Waals surface area (Å²) in [5.74, 6) is 1.14. The van der Waals surface area contributed by atoms with Gasteiger partial charge in [-0.25, -0.2) is 15.0 Å². The van der Waals surface area contributed by atoms with Gasteiger partial charge in [0, 0.05) is 43.0 Å². The van der Waals surface area contributed by atoms with E-state index in [4.69, 9.17) is 11.6 Å². The number of rotatable bonds is 4. The van der Waals surface area contributed by atoms with Crippen LogP contribution in [0.1, 0.15) is 28.7 Å². The topological polar surface area (TPSA) is 87.1 Å². The predicted molar refractivity (Wildman–Crippen MR) is 104 cm³/mol. The maximum absolute atomic E-state index is 12.7. The van der Waals surface area contributed by atoms with E-state index in [2.05, 4.69) is 25.3 Å². The van der Waals surface area contributed by atoms with Gasteiger partial charge < -0.3 is 15.3 Å². The van der Waals surface area contributed by atoms with Gasteiger partial charge in [-0.15, -0.1) is 0 Å². The van der Waals surface area contributed by atoms with Crippen molar-refractivity contribution in [2.75, 3.05) is 16.8 Å². The molecule has 156 valence electrons. The van der Waals surface area contributed by atoms with Crippen LogP contribution in [-0.2, 0) is 19.1 Å². The number of hydrogen-bond acceptors (Lipinski definition) is 7. The molecule has 1 aliphatic rings. The van der Waals surface area contributed by atoms with E-state index in [1.807, 2.05) is 11.0 Å². The molecule has 0 saturated heterocycles. The third-order valence-corrected chi connectivity index (χ3v) is 4.93. The summed E-state index contributed by atoms with van der Waals surface area (Å²) in [6.45, 7) is 1.15. The van der Waals surface area contributed by atoms with E-state index in [0.717, 1.165) is 29.3 Å². The van der Waals surface area contributed by atoms with Crippen molar-refractivity contribution in [2.45, 2.75) is 25.4 Å². The molecule has 4 heterocycles. The smallest absolute Gasteiger partial charge is 0.369 e. The standard InChI is InChI=1S/C19H16ClF3N6O/c20-12-2-4-16(25-8-12)29-6-5-14-13(9-29)17(27-10-26-14)28-18(30)11-1-3-15(24-7-11)19(21,22)23/h1-4,7-8,10,18,30H,5-6,9H2,(H,26,27,28)/t18-/m1/s1. The molecule has 0 amide bonds. The number of aliphatic hydroxyl groups excluding tert-OH is 1. The van der Waals surface area contributed by atoms with E-state index in [9.17, 15) is 18.3 Å². The molecular weight excluding hydrogens is 421 g/mol. The molecule has 30 heavy (non-hydrogen) atoms. The molecule has 1 aliphatic heterocycles. The van der Waals surface area contributed by atoms with Crippen molar-refractivity contribution in [3.05, 3.63) is 70.5 Å². The number of aliphatic hydroxyl groups is 1. The highest BCUT2D eigenvalue weighted by Crippen LogP contribution is 2.30. The van der Waals surface area contributed by atoms with Crippen LogP contribution in [0, 0.1) is 0 Å². The zero-order valence-corrected chi connectivity index (χ0v) is 16.2. The average Bonchev–Trinajstić information content (AvgIpc) is 2.74. The normalized spacial score (nSPS) is 14.9. The zero-order valence-electron chi connectivity index (χ0n) is 15.4. The second-order valence-electron chi connectivity index (χ2n) is 6.68. The summed E-state index contributed by atoms with van der Waals surface area (Å²) in [5.41, 5.74) is 0.765. The molecule has 0 unspecified atom stereocenters. The zero-order chi connectivity index (χ0) is 21.3. The minimum absolute atomic E-state index is 0.183.